The maximum atomic E-state index is 6.10. The Balaban J connectivity index is 1.74. The third-order valence-electron chi connectivity index (χ3n) is 4.10. The molecule has 1 fully saturated rings. The van der Waals surface area contributed by atoms with Crippen molar-refractivity contribution < 1.29 is 4.74 Å². The standard InChI is InChI=1S/C15H21NO/c1-2-5-11-8-9-15-13(10-11)16-12-6-3-4-7-14(12)17-15/h3-4,6-7,11,13,15-16H,2,5,8-10H2,1H3. The number of rotatable bonds is 2. The largest absolute Gasteiger partial charge is 0.486 e. The van der Waals surface area contributed by atoms with Gasteiger partial charge in [0, 0.05) is 0 Å². The summed E-state index contributed by atoms with van der Waals surface area (Å²) < 4.78 is 6.10. The van der Waals surface area contributed by atoms with Crippen molar-refractivity contribution in [2.24, 2.45) is 5.92 Å². The van der Waals surface area contributed by atoms with Crippen LogP contribution in [0.5, 0.6) is 5.75 Å². The van der Waals surface area contributed by atoms with E-state index in [0.29, 0.717) is 12.1 Å². The van der Waals surface area contributed by atoms with E-state index in [0.717, 1.165) is 11.7 Å². The Labute approximate surface area is 103 Å². The van der Waals surface area contributed by atoms with Gasteiger partial charge in [-0.2, -0.15) is 0 Å². The van der Waals surface area contributed by atoms with Crippen molar-refractivity contribution in [2.45, 2.75) is 51.2 Å². The molecule has 0 saturated heterocycles. The van der Waals surface area contributed by atoms with E-state index in [1.807, 2.05) is 6.07 Å². The number of ether oxygens (including phenoxy) is 1. The summed E-state index contributed by atoms with van der Waals surface area (Å²) in [5, 5.41) is 3.66. The van der Waals surface area contributed by atoms with Gasteiger partial charge in [0.15, 0.2) is 0 Å². The minimum absolute atomic E-state index is 0.387. The Morgan fingerprint density at radius 3 is 3.06 bits per heavy atom. The maximum Gasteiger partial charge on any atom is 0.142 e. The van der Waals surface area contributed by atoms with E-state index in [9.17, 15) is 0 Å². The summed E-state index contributed by atoms with van der Waals surface area (Å²) >= 11 is 0. The normalized spacial score (nSPS) is 30.8. The molecule has 3 rings (SSSR count). The summed E-state index contributed by atoms with van der Waals surface area (Å²) in [5.74, 6) is 1.92. The minimum atomic E-state index is 0.387. The van der Waals surface area contributed by atoms with Gasteiger partial charge in [0.1, 0.15) is 11.9 Å². The van der Waals surface area contributed by atoms with Crippen LogP contribution >= 0.6 is 0 Å². The quantitative estimate of drug-likeness (QED) is 0.835. The summed E-state index contributed by atoms with van der Waals surface area (Å²) in [5.41, 5.74) is 1.17. The van der Waals surface area contributed by atoms with Gasteiger partial charge in [-0.05, 0) is 37.3 Å². The molecule has 0 spiro atoms. The summed E-state index contributed by atoms with van der Waals surface area (Å²) in [6.45, 7) is 2.28. The second-order valence-corrected chi connectivity index (χ2v) is 5.37. The van der Waals surface area contributed by atoms with Gasteiger partial charge in [0.2, 0.25) is 0 Å². The lowest BCUT2D eigenvalue weighted by molar-refractivity contribution is 0.105. The molecule has 0 amide bonds. The first-order chi connectivity index (χ1) is 8.36. The number of hydrogen-bond acceptors (Lipinski definition) is 2. The average molecular weight is 231 g/mol. The van der Waals surface area contributed by atoms with E-state index in [2.05, 4.69) is 30.4 Å². The van der Waals surface area contributed by atoms with E-state index < -0.39 is 0 Å². The van der Waals surface area contributed by atoms with Crippen LogP contribution in [0.25, 0.3) is 0 Å². The highest BCUT2D eigenvalue weighted by Crippen LogP contribution is 2.38. The summed E-state index contributed by atoms with van der Waals surface area (Å²) in [7, 11) is 0. The van der Waals surface area contributed by atoms with Gasteiger partial charge in [-0.15, -0.1) is 0 Å². The van der Waals surface area contributed by atoms with E-state index in [1.54, 1.807) is 0 Å². The first-order valence-corrected chi connectivity index (χ1v) is 6.89. The van der Waals surface area contributed by atoms with E-state index in [-0.39, 0.29) is 0 Å². The smallest absolute Gasteiger partial charge is 0.142 e. The summed E-state index contributed by atoms with van der Waals surface area (Å²) in [6, 6.07) is 8.83. The number of hydrogen-bond donors (Lipinski definition) is 1. The first kappa shape index (κ1) is 10.9. The molecule has 3 unspecified atom stereocenters. The van der Waals surface area contributed by atoms with Gasteiger partial charge in [0.05, 0.1) is 11.7 Å². The van der Waals surface area contributed by atoms with Crippen molar-refractivity contribution >= 4 is 5.69 Å². The highest BCUT2D eigenvalue weighted by Gasteiger charge is 2.34. The van der Waals surface area contributed by atoms with Crippen LogP contribution in [-0.2, 0) is 0 Å². The van der Waals surface area contributed by atoms with Gasteiger partial charge in [0.25, 0.3) is 0 Å². The van der Waals surface area contributed by atoms with Crippen molar-refractivity contribution in [3.63, 3.8) is 0 Å². The molecule has 17 heavy (non-hydrogen) atoms. The zero-order chi connectivity index (χ0) is 11.7. The maximum absolute atomic E-state index is 6.10. The highest BCUT2D eigenvalue weighted by molar-refractivity contribution is 5.58. The molecule has 3 atom stereocenters. The van der Waals surface area contributed by atoms with Gasteiger partial charge in [-0.25, -0.2) is 0 Å². The van der Waals surface area contributed by atoms with Gasteiger partial charge in [-0.3, -0.25) is 0 Å². The first-order valence-electron chi connectivity index (χ1n) is 6.89. The summed E-state index contributed by atoms with van der Waals surface area (Å²) in [6.07, 6.45) is 6.87. The molecule has 0 bridgehead atoms. The predicted octanol–water partition coefficient (Wildman–Crippen LogP) is 3.83. The second kappa shape index (κ2) is 4.59. The number of anilines is 1. The number of para-hydroxylation sites is 2. The monoisotopic (exact) mass is 231 g/mol. The molecule has 1 heterocycles. The lowest BCUT2D eigenvalue weighted by Gasteiger charge is -2.41. The molecule has 2 nitrogen and oxygen atoms in total. The molecule has 1 aromatic carbocycles. The Bertz CT molecular complexity index is 390. The topological polar surface area (TPSA) is 21.3 Å². The average Bonchev–Trinajstić information content (AvgIpc) is 2.36. The Hall–Kier alpha value is -1.18. The van der Waals surface area contributed by atoms with Crippen LogP contribution in [-0.4, -0.2) is 12.1 Å². The highest BCUT2D eigenvalue weighted by atomic mass is 16.5. The van der Waals surface area contributed by atoms with E-state index >= 15 is 0 Å². The van der Waals surface area contributed by atoms with Crippen LogP contribution in [0.4, 0.5) is 5.69 Å². The third-order valence-corrected chi connectivity index (χ3v) is 4.10. The molecule has 1 aliphatic heterocycles. The lowest BCUT2D eigenvalue weighted by Crippen LogP contribution is -2.45. The van der Waals surface area contributed by atoms with Gasteiger partial charge < -0.3 is 10.1 Å². The predicted molar refractivity (Wildman–Crippen MR) is 70.5 cm³/mol. The van der Waals surface area contributed by atoms with E-state index in [4.69, 9.17) is 4.74 Å². The lowest BCUT2D eigenvalue weighted by atomic mass is 9.80. The SMILES string of the molecule is CCCC1CCC2Oc3ccccc3NC2C1. The minimum Gasteiger partial charge on any atom is -0.486 e. The van der Waals surface area contributed by atoms with Gasteiger partial charge >= 0.3 is 0 Å². The third kappa shape index (κ3) is 2.13. The molecule has 1 saturated carbocycles. The molecule has 2 aliphatic rings. The van der Waals surface area contributed by atoms with Crippen LogP contribution in [0.2, 0.25) is 0 Å². The second-order valence-electron chi connectivity index (χ2n) is 5.37. The molecule has 92 valence electrons. The number of benzene rings is 1. The van der Waals surface area contributed by atoms with Crippen molar-refractivity contribution in [2.75, 3.05) is 5.32 Å². The molecule has 2 heteroatoms. The Morgan fingerprint density at radius 2 is 2.18 bits per heavy atom. The fraction of sp³-hybridized carbons (Fsp3) is 0.600. The van der Waals surface area contributed by atoms with Crippen LogP contribution in [0.1, 0.15) is 39.0 Å². The van der Waals surface area contributed by atoms with Gasteiger partial charge in [-0.1, -0.05) is 31.9 Å². The molecule has 1 N–H and O–H groups in total. The van der Waals surface area contributed by atoms with Crippen LogP contribution in [0, 0.1) is 5.92 Å². The number of fused-ring (bicyclic) bond motifs is 2. The zero-order valence-electron chi connectivity index (χ0n) is 10.5. The number of nitrogens with one attached hydrogen (secondary N) is 1. The molecular formula is C15H21NO. The summed E-state index contributed by atoms with van der Waals surface area (Å²) in [4.78, 5) is 0. The van der Waals surface area contributed by atoms with Crippen LogP contribution in [0.3, 0.4) is 0 Å². The molecule has 0 radical (unpaired) electrons. The Kier molecular flexibility index (Phi) is 2.96. The van der Waals surface area contributed by atoms with Crippen molar-refractivity contribution in [1.29, 1.82) is 0 Å². The Morgan fingerprint density at radius 1 is 1.29 bits per heavy atom. The van der Waals surface area contributed by atoms with Crippen LogP contribution in [0.15, 0.2) is 24.3 Å². The molecule has 0 aromatic heterocycles. The van der Waals surface area contributed by atoms with Crippen molar-refractivity contribution in [3.8, 4) is 5.75 Å². The molecule has 1 aromatic rings. The van der Waals surface area contributed by atoms with Crippen LogP contribution < -0.4 is 10.1 Å². The molecular weight excluding hydrogens is 210 g/mol. The zero-order valence-corrected chi connectivity index (χ0v) is 10.5. The molecule has 1 aliphatic carbocycles. The fourth-order valence-corrected chi connectivity index (χ4v) is 3.24. The van der Waals surface area contributed by atoms with Crippen molar-refractivity contribution in [3.05, 3.63) is 24.3 Å². The fourth-order valence-electron chi connectivity index (χ4n) is 3.24. The van der Waals surface area contributed by atoms with E-state index in [1.165, 1.54) is 37.8 Å². The van der Waals surface area contributed by atoms with Crippen molar-refractivity contribution in [1.82, 2.24) is 0 Å².